The van der Waals surface area contributed by atoms with Gasteiger partial charge < -0.3 is 15.2 Å². The van der Waals surface area contributed by atoms with Gasteiger partial charge in [0.05, 0.1) is 4.90 Å². The third kappa shape index (κ3) is 5.82. The Hall–Kier alpha value is -5.15. The number of hydrogen-bond acceptors (Lipinski definition) is 6. The smallest absolute Gasteiger partial charge is 0.430 e. The molecule has 0 atom stereocenters. The van der Waals surface area contributed by atoms with E-state index >= 15 is 0 Å². The van der Waals surface area contributed by atoms with Gasteiger partial charge in [0.15, 0.2) is 9.84 Å². The van der Waals surface area contributed by atoms with Gasteiger partial charge >= 0.3 is 18.4 Å². The molecule has 0 bridgehead atoms. The molecule has 5 aromatic rings. The number of fused-ring (bicyclic) bond motifs is 4. The van der Waals surface area contributed by atoms with E-state index in [4.69, 9.17) is 4.74 Å². The third-order valence-corrected chi connectivity index (χ3v) is 9.45. The van der Waals surface area contributed by atoms with E-state index < -0.39 is 45.4 Å². The molecular weight excluding hydrogens is 678 g/mol. The second kappa shape index (κ2) is 11.8. The van der Waals surface area contributed by atoms with Gasteiger partial charge in [-0.25, -0.2) is 17.8 Å². The Kier molecular flexibility index (Phi) is 8.10. The molecule has 49 heavy (non-hydrogen) atoms. The van der Waals surface area contributed by atoms with E-state index in [1.165, 1.54) is 24.4 Å². The normalized spacial score (nSPS) is 13.6. The van der Waals surface area contributed by atoms with Crippen molar-refractivity contribution in [3.05, 3.63) is 120 Å². The predicted molar refractivity (Wildman–Crippen MR) is 166 cm³/mol. The van der Waals surface area contributed by atoms with Gasteiger partial charge in [0, 0.05) is 40.4 Å². The molecule has 0 saturated heterocycles. The van der Waals surface area contributed by atoms with Crippen LogP contribution in [0.25, 0.3) is 21.9 Å². The van der Waals surface area contributed by atoms with E-state index in [1.807, 2.05) is 48.5 Å². The molecule has 1 aromatic heterocycles. The number of ether oxygens (including phenoxy) is 1. The van der Waals surface area contributed by atoms with E-state index in [-0.39, 0.29) is 39.6 Å². The van der Waals surface area contributed by atoms with E-state index in [0.29, 0.717) is 12.1 Å². The van der Waals surface area contributed by atoms with Crippen molar-refractivity contribution < 1.29 is 54.2 Å². The highest BCUT2D eigenvalue weighted by Gasteiger charge is 2.71. The zero-order chi connectivity index (χ0) is 35.5. The molecule has 15 heteroatoms. The monoisotopic (exact) mass is 702 g/mol. The lowest BCUT2D eigenvalue weighted by Crippen LogP contribution is -2.53. The summed E-state index contributed by atoms with van der Waals surface area (Å²) in [5, 5.41) is 12.2. The Morgan fingerprint density at radius 1 is 0.837 bits per heavy atom. The van der Waals surface area contributed by atoms with Crippen molar-refractivity contribution in [1.29, 1.82) is 0 Å². The van der Waals surface area contributed by atoms with Crippen molar-refractivity contribution in [3.8, 4) is 11.1 Å². The molecule has 1 heterocycles. The molecule has 254 valence electrons. The molecule has 1 aliphatic carbocycles. The summed E-state index contributed by atoms with van der Waals surface area (Å²) in [7, 11) is -3.71. The molecule has 1 amide bonds. The summed E-state index contributed by atoms with van der Waals surface area (Å²) in [5.74, 6) is -1.37. The van der Waals surface area contributed by atoms with Crippen LogP contribution in [0, 0.1) is 0 Å². The summed E-state index contributed by atoms with van der Waals surface area (Å²) in [6, 6.07) is 21.0. The minimum atomic E-state index is -6.11. The molecule has 2 N–H and O–H groups in total. The highest BCUT2D eigenvalue weighted by molar-refractivity contribution is 7.90. The number of benzene rings is 4. The Bertz CT molecular complexity index is 2170. The second-order valence-corrected chi connectivity index (χ2v) is 13.4. The number of amides is 1. The van der Waals surface area contributed by atoms with Crippen LogP contribution >= 0.6 is 0 Å². The molecule has 6 rings (SSSR count). The molecule has 0 unspecified atom stereocenters. The summed E-state index contributed by atoms with van der Waals surface area (Å²) in [6.07, 6.45) is -11.1. The molecule has 0 radical (unpaired) electrons. The van der Waals surface area contributed by atoms with Crippen LogP contribution in [0.2, 0.25) is 0 Å². The van der Waals surface area contributed by atoms with E-state index in [9.17, 15) is 49.5 Å². The number of hydrogen-bond donors (Lipinski definition) is 2. The Morgan fingerprint density at radius 3 is 1.92 bits per heavy atom. The average Bonchev–Trinajstić information content (AvgIpc) is 3.58. The molecule has 0 aliphatic heterocycles. The number of alkyl halides is 6. The lowest BCUT2D eigenvalue weighted by molar-refractivity contribution is -0.376. The van der Waals surface area contributed by atoms with Crippen molar-refractivity contribution in [2.45, 2.75) is 28.8 Å². The van der Waals surface area contributed by atoms with Crippen LogP contribution in [0.4, 0.5) is 36.8 Å². The van der Waals surface area contributed by atoms with Crippen LogP contribution < -0.4 is 5.32 Å². The Labute approximate surface area is 274 Å². The van der Waals surface area contributed by atoms with Crippen molar-refractivity contribution in [1.82, 2.24) is 4.57 Å². The van der Waals surface area contributed by atoms with Crippen molar-refractivity contribution in [3.63, 3.8) is 0 Å². The molecule has 4 aromatic carbocycles. The first-order valence-corrected chi connectivity index (χ1v) is 16.3. The van der Waals surface area contributed by atoms with Crippen LogP contribution in [0.5, 0.6) is 0 Å². The van der Waals surface area contributed by atoms with E-state index in [0.717, 1.165) is 45.2 Å². The highest BCUT2D eigenvalue weighted by Crippen LogP contribution is 2.50. The van der Waals surface area contributed by atoms with E-state index in [2.05, 4.69) is 5.32 Å². The van der Waals surface area contributed by atoms with Gasteiger partial charge in [-0.15, -0.1) is 0 Å². The maximum absolute atomic E-state index is 13.6. The summed E-state index contributed by atoms with van der Waals surface area (Å²) in [6.45, 7) is -0.139. The molecular formula is C34H24F6N2O6S. The number of carbonyl (C=O) groups is 2. The quantitative estimate of drug-likeness (QED) is 0.178. The first kappa shape index (κ1) is 33.7. The first-order chi connectivity index (χ1) is 22.9. The zero-order valence-electron chi connectivity index (χ0n) is 25.1. The van der Waals surface area contributed by atoms with Crippen LogP contribution in [0.1, 0.15) is 33.1 Å². The van der Waals surface area contributed by atoms with Gasteiger partial charge in [0.25, 0.3) is 11.5 Å². The first-order valence-electron chi connectivity index (χ1n) is 14.4. The SMILES string of the molecule is CS(=O)(=O)c1ccc2c(C(=O)Nc3ccc(C(O)(C(F)(F)F)C(F)(F)F)cc3)n(C(=O)OCC3c4ccccc4-c4ccccc43)cc2c1. The van der Waals surface area contributed by atoms with Crippen molar-refractivity contribution in [2.75, 3.05) is 18.2 Å². The molecule has 1 aliphatic rings. The fourth-order valence-corrected chi connectivity index (χ4v) is 6.60. The molecule has 8 nitrogen and oxygen atoms in total. The Balaban J connectivity index is 1.33. The Morgan fingerprint density at radius 2 is 1.39 bits per heavy atom. The van der Waals surface area contributed by atoms with Gasteiger partial charge in [-0.1, -0.05) is 66.7 Å². The maximum atomic E-state index is 13.6. The van der Waals surface area contributed by atoms with Gasteiger partial charge in [-0.3, -0.25) is 4.79 Å². The third-order valence-electron chi connectivity index (χ3n) is 8.34. The van der Waals surface area contributed by atoms with Crippen LogP contribution in [0.15, 0.2) is 102 Å². The van der Waals surface area contributed by atoms with Crippen LogP contribution in [-0.4, -0.2) is 55.3 Å². The minimum Gasteiger partial charge on any atom is -0.448 e. The zero-order valence-corrected chi connectivity index (χ0v) is 26.0. The summed E-state index contributed by atoms with van der Waals surface area (Å²) < 4.78 is 111. The number of carbonyl (C=O) groups excluding carboxylic acids is 2. The number of nitrogens with one attached hydrogen (secondary N) is 1. The summed E-state index contributed by atoms with van der Waals surface area (Å²) >= 11 is 0. The van der Waals surface area contributed by atoms with Gasteiger partial charge in [-0.2, -0.15) is 26.3 Å². The number of aromatic nitrogens is 1. The second-order valence-electron chi connectivity index (χ2n) is 11.4. The lowest BCUT2D eigenvalue weighted by atomic mass is 9.92. The maximum Gasteiger partial charge on any atom is 0.430 e. The minimum absolute atomic E-state index is 0.0959. The number of anilines is 1. The van der Waals surface area contributed by atoms with E-state index in [1.54, 1.807) is 0 Å². The molecule has 0 saturated carbocycles. The largest absolute Gasteiger partial charge is 0.448 e. The highest BCUT2D eigenvalue weighted by atomic mass is 32.2. The van der Waals surface area contributed by atoms with Gasteiger partial charge in [0.1, 0.15) is 12.3 Å². The average molecular weight is 703 g/mol. The van der Waals surface area contributed by atoms with Gasteiger partial charge in [-0.05, 0) is 46.5 Å². The molecule has 0 spiro atoms. The predicted octanol–water partition coefficient (Wildman–Crippen LogP) is 7.41. The lowest BCUT2D eigenvalue weighted by Gasteiger charge is -2.32. The fourth-order valence-electron chi connectivity index (χ4n) is 5.94. The number of sulfone groups is 1. The van der Waals surface area contributed by atoms with Crippen molar-refractivity contribution >= 4 is 38.3 Å². The van der Waals surface area contributed by atoms with Crippen LogP contribution in [0.3, 0.4) is 0 Å². The number of nitrogens with zero attached hydrogens (tertiary/aromatic N) is 1. The standard InChI is InChI=1S/C34H24F6N2O6S/c1-49(46,47)22-14-15-23-19(16-22)17-42(31(44)48-18-28-26-8-4-2-6-24(26)25-7-3-5-9-27(25)28)29(23)30(43)41-21-12-10-20(11-13-21)32(45,33(35,36)37)34(38,39)40/h2-17,28,45H,18H2,1H3,(H,41,43). The fraction of sp³-hybridized carbons (Fsp3) is 0.176. The molecule has 0 fully saturated rings. The summed E-state index contributed by atoms with van der Waals surface area (Å²) in [5.41, 5.74) is -3.57. The number of halogens is 6. The van der Waals surface area contributed by atoms with Crippen LogP contribution in [-0.2, 0) is 20.2 Å². The topological polar surface area (TPSA) is 115 Å². The van der Waals surface area contributed by atoms with Gasteiger partial charge in [0.2, 0.25) is 0 Å². The number of rotatable bonds is 6. The summed E-state index contributed by atoms with van der Waals surface area (Å²) in [4.78, 5) is 27.1. The van der Waals surface area contributed by atoms with Crippen molar-refractivity contribution in [2.24, 2.45) is 0 Å². The number of aliphatic hydroxyl groups is 1.